The molecule has 0 aliphatic carbocycles. The van der Waals surface area contributed by atoms with Crippen molar-refractivity contribution in [2.24, 2.45) is 4.99 Å². The number of carbonyl (C=O) groups excluding carboxylic acids is 4. The molecule has 0 radical (unpaired) electrons. The fraction of sp³-hybridized carbons (Fsp3) is 0.286. The fourth-order valence-corrected chi connectivity index (χ4v) is 3.45. The molecule has 0 spiro atoms. The molecular formula is C21H23N5O4. The molecule has 1 unspecified atom stereocenters. The van der Waals surface area contributed by atoms with Crippen molar-refractivity contribution in [1.29, 1.82) is 0 Å². The molecule has 0 saturated carbocycles. The molecule has 0 aromatic heterocycles. The largest absolute Gasteiger partial charge is 0.334 e. The lowest BCUT2D eigenvalue weighted by molar-refractivity contribution is -0.136. The number of rotatable bonds is 6. The summed E-state index contributed by atoms with van der Waals surface area (Å²) in [5, 5.41) is 7.66. The molecule has 0 bridgehead atoms. The number of imide groups is 1. The van der Waals surface area contributed by atoms with E-state index in [1.807, 2.05) is 12.1 Å². The maximum absolute atomic E-state index is 12.8. The third-order valence-corrected chi connectivity index (χ3v) is 4.87. The van der Waals surface area contributed by atoms with Gasteiger partial charge in [0.2, 0.25) is 11.8 Å². The zero-order valence-electron chi connectivity index (χ0n) is 16.6. The Kier molecular flexibility index (Phi) is 6.41. The third-order valence-electron chi connectivity index (χ3n) is 4.87. The minimum atomic E-state index is -0.648. The Balaban J connectivity index is 1.63. The van der Waals surface area contributed by atoms with Gasteiger partial charge in [-0.1, -0.05) is 24.8 Å². The molecule has 9 heteroatoms. The van der Waals surface area contributed by atoms with Crippen molar-refractivity contribution in [3.05, 3.63) is 59.3 Å². The molecule has 1 atom stereocenters. The third kappa shape index (κ3) is 4.62. The first-order chi connectivity index (χ1) is 14.4. The molecule has 156 valence electrons. The van der Waals surface area contributed by atoms with Crippen LogP contribution in [0.5, 0.6) is 0 Å². The van der Waals surface area contributed by atoms with E-state index in [4.69, 9.17) is 0 Å². The normalized spacial score (nSPS) is 19.0. The highest BCUT2D eigenvalue weighted by atomic mass is 16.2. The molecule has 1 aromatic carbocycles. The number of nitrogens with zero attached hydrogens (tertiary/aromatic N) is 2. The van der Waals surface area contributed by atoms with E-state index < -0.39 is 18.0 Å². The summed E-state index contributed by atoms with van der Waals surface area (Å²) in [5.41, 5.74) is 2.56. The molecular weight excluding hydrogens is 386 g/mol. The first-order valence-corrected chi connectivity index (χ1v) is 9.49. The van der Waals surface area contributed by atoms with Crippen LogP contribution in [0.2, 0.25) is 0 Å². The van der Waals surface area contributed by atoms with Crippen LogP contribution in [0.25, 0.3) is 0 Å². The van der Waals surface area contributed by atoms with Crippen molar-refractivity contribution in [2.75, 3.05) is 7.05 Å². The molecule has 5 amide bonds. The van der Waals surface area contributed by atoms with E-state index in [-0.39, 0.29) is 24.8 Å². The molecule has 9 nitrogen and oxygen atoms in total. The van der Waals surface area contributed by atoms with Gasteiger partial charge in [0.15, 0.2) is 0 Å². The van der Waals surface area contributed by atoms with Crippen molar-refractivity contribution in [2.45, 2.75) is 32.0 Å². The fourth-order valence-electron chi connectivity index (χ4n) is 3.45. The summed E-state index contributed by atoms with van der Waals surface area (Å²) < 4.78 is 0. The summed E-state index contributed by atoms with van der Waals surface area (Å²) in [4.78, 5) is 53.7. The number of amides is 5. The van der Waals surface area contributed by atoms with Gasteiger partial charge in [-0.2, -0.15) is 0 Å². The Morgan fingerprint density at radius 2 is 2.17 bits per heavy atom. The number of carbonyl (C=O) groups is 4. The quantitative estimate of drug-likeness (QED) is 0.369. The zero-order valence-corrected chi connectivity index (χ0v) is 16.6. The van der Waals surface area contributed by atoms with Gasteiger partial charge in [-0.3, -0.25) is 24.7 Å². The molecule has 1 aromatic rings. The number of urea groups is 1. The topological polar surface area (TPSA) is 120 Å². The maximum Gasteiger partial charge on any atom is 0.319 e. The predicted octanol–water partition coefficient (Wildman–Crippen LogP) is 1.02. The first-order valence-electron chi connectivity index (χ1n) is 9.49. The van der Waals surface area contributed by atoms with Crippen LogP contribution in [0.3, 0.4) is 0 Å². The first kappa shape index (κ1) is 21.0. The number of allylic oxidation sites excluding steroid dienone is 3. The molecule has 2 heterocycles. The van der Waals surface area contributed by atoms with E-state index in [2.05, 4.69) is 27.5 Å². The van der Waals surface area contributed by atoms with Crippen molar-refractivity contribution < 1.29 is 19.2 Å². The van der Waals surface area contributed by atoms with Crippen molar-refractivity contribution in [3.8, 4) is 0 Å². The predicted molar refractivity (Wildman–Crippen MR) is 111 cm³/mol. The van der Waals surface area contributed by atoms with Gasteiger partial charge in [0.1, 0.15) is 6.04 Å². The number of benzene rings is 1. The van der Waals surface area contributed by atoms with Crippen LogP contribution in [0, 0.1) is 0 Å². The van der Waals surface area contributed by atoms with Crippen LogP contribution >= 0.6 is 0 Å². The molecule has 1 fully saturated rings. The number of nitrogens with one attached hydrogen (secondary N) is 3. The van der Waals surface area contributed by atoms with Crippen molar-refractivity contribution >= 4 is 30.0 Å². The highest BCUT2D eigenvalue weighted by Crippen LogP contribution is 2.28. The zero-order chi connectivity index (χ0) is 21.7. The van der Waals surface area contributed by atoms with Crippen LogP contribution in [-0.4, -0.2) is 48.0 Å². The second-order valence-electron chi connectivity index (χ2n) is 6.94. The monoisotopic (exact) mass is 409 g/mol. The second kappa shape index (κ2) is 9.17. The summed E-state index contributed by atoms with van der Waals surface area (Å²) in [5.74, 6) is -1.01. The lowest BCUT2D eigenvalue weighted by Gasteiger charge is -2.29. The van der Waals surface area contributed by atoms with Gasteiger partial charge in [-0.25, -0.2) is 4.79 Å². The Labute approximate surface area is 173 Å². The Hall–Kier alpha value is -3.75. The second-order valence-corrected chi connectivity index (χ2v) is 6.94. The van der Waals surface area contributed by atoms with Gasteiger partial charge < -0.3 is 15.5 Å². The van der Waals surface area contributed by atoms with E-state index in [1.165, 1.54) is 17.2 Å². The van der Waals surface area contributed by atoms with Crippen LogP contribution < -0.4 is 16.0 Å². The van der Waals surface area contributed by atoms with Crippen LogP contribution in [0.1, 0.15) is 34.3 Å². The molecule has 2 aliphatic rings. The summed E-state index contributed by atoms with van der Waals surface area (Å²) in [6, 6.07) is 4.30. The summed E-state index contributed by atoms with van der Waals surface area (Å²) >= 11 is 0. The van der Waals surface area contributed by atoms with E-state index >= 15 is 0 Å². The Bertz CT molecular complexity index is 966. The average Bonchev–Trinajstić information content (AvgIpc) is 3.03. The van der Waals surface area contributed by atoms with E-state index in [0.717, 1.165) is 11.1 Å². The van der Waals surface area contributed by atoms with E-state index in [0.29, 0.717) is 24.2 Å². The number of aliphatic imine (C=N–C) groups is 1. The van der Waals surface area contributed by atoms with Crippen LogP contribution in [0.15, 0.2) is 47.6 Å². The highest BCUT2D eigenvalue weighted by Gasteiger charge is 2.39. The Morgan fingerprint density at radius 1 is 1.37 bits per heavy atom. The van der Waals surface area contributed by atoms with Gasteiger partial charge in [0.25, 0.3) is 5.91 Å². The van der Waals surface area contributed by atoms with Crippen LogP contribution in [-0.2, 0) is 22.7 Å². The van der Waals surface area contributed by atoms with Crippen molar-refractivity contribution in [3.63, 3.8) is 0 Å². The molecule has 3 N–H and O–H groups in total. The minimum absolute atomic E-state index is 0.214. The molecule has 30 heavy (non-hydrogen) atoms. The van der Waals surface area contributed by atoms with Gasteiger partial charge in [0, 0.05) is 38.3 Å². The number of hydrogen-bond donors (Lipinski definition) is 3. The van der Waals surface area contributed by atoms with E-state index in [9.17, 15) is 19.2 Å². The average molecular weight is 409 g/mol. The SMILES string of the molecule is C=C/C=C(\C=N/C)NC(=O)NCc1ccc2c(c1)C(=O)N(C1CCC(=O)NC1=O)C2. The van der Waals surface area contributed by atoms with Gasteiger partial charge in [-0.15, -0.1) is 0 Å². The van der Waals surface area contributed by atoms with Crippen molar-refractivity contribution in [1.82, 2.24) is 20.9 Å². The summed E-state index contributed by atoms with van der Waals surface area (Å²) in [6.07, 6.45) is 5.19. The van der Waals surface area contributed by atoms with Crippen LogP contribution in [0.4, 0.5) is 4.79 Å². The molecule has 3 rings (SSSR count). The van der Waals surface area contributed by atoms with Gasteiger partial charge in [-0.05, 0) is 29.7 Å². The van der Waals surface area contributed by atoms with Gasteiger partial charge >= 0.3 is 6.03 Å². The number of fused-ring (bicyclic) bond motifs is 1. The summed E-state index contributed by atoms with van der Waals surface area (Å²) in [6.45, 7) is 4.12. The minimum Gasteiger partial charge on any atom is -0.334 e. The smallest absolute Gasteiger partial charge is 0.319 e. The van der Waals surface area contributed by atoms with E-state index in [1.54, 1.807) is 19.2 Å². The molecule has 1 saturated heterocycles. The number of piperidine rings is 1. The summed E-state index contributed by atoms with van der Waals surface area (Å²) in [7, 11) is 1.59. The lowest BCUT2D eigenvalue weighted by atomic mass is 10.0. The lowest BCUT2D eigenvalue weighted by Crippen LogP contribution is -2.52. The highest BCUT2D eigenvalue weighted by molar-refractivity contribution is 6.05. The maximum atomic E-state index is 12.8. The Morgan fingerprint density at radius 3 is 2.87 bits per heavy atom. The van der Waals surface area contributed by atoms with Gasteiger partial charge in [0.05, 0.1) is 5.70 Å². The number of hydrogen-bond acceptors (Lipinski definition) is 5. The standard InChI is InChI=1S/C21H23N5O4/c1-3-4-15(11-22-2)24-21(30)23-10-13-5-6-14-12-26(20(29)16(14)9-13)17-7-8-18(27)25-19(17)28/h3-6,9,11,17H,1,7-8,10,12H2,2H3,(H2,23,24,30)(H,25,27,28)/b15-4+,22-11-. The molecule has 2 aliphatic heterocycles.